The Balaban J connectivity index is 2.18. The topological polar surface area (TPSA) is 60.4 Å². The first kappa shape index (κ1) is 18.6. The maximum atomic E-state index is 13.2. The molecule has 0 amide bonds. The molecule has 0 radical (unpaired) electrons. The lowest BCUT2D eigenvalue weighted by Crippen LogP contribution is -2.24. The standard InChI is InChI=1S/C22H26O4/c1-11-7-12(2)17(13(3)8-11)18-19(24)15-9-14(23)10-16(15)20(18)26-21(25)22(4,5)6/h7-8,15-16H,9-10H2,1-6H3/t15-,16+/m1/s1. The van der Waals surface area contributed by atoms with Crippen LogP contribution >= 0.6 is 0 Å². The van der Waals surface area contributed by atoms with Gasteiger partial charge in [0, 0.05) is 24.7 Å². The molecule has 0 unspecified atom stereocenters. The van der Waals surface area contributed by atoms with E-state index in [1.807, 2.05) is 32.9 Å². The van der Waals surface area contributed by atoms with Crippen molar-refractivity contribution in [1.82, 2.24) is 0 Å². The van der Waals surface area contributed by atoms with Gasteiger partial charge in [0.1, 0.15) is 11.5 Å². The Morgan fingerprint density at radius 3 is 2.08 bits per heavy atom. The van der Waals surface area contributed by atoms with Crippen molar-refractivity contribution in [3.8, 4) is 0 Å². The highest BCUT2D eigenvalue weighted by Crippen LogP contribution is 2.49. The zero-order valence-corrected chi connectivity index (χ0v) is 16.4. The van der Waals surface area contributed by atoms with Crippen molar-refractivity contribution in [2.75, 3.05) is 0 Å². The Labute approximate surface area is 154 Å². The summed E-state index contributed by atoms with van der Waals surface area (Å²) in [5, 5.41) is 0. The molecular formula is C22H26O4. The van der Waals surface area contributed by atoms with Crippen LogP contribution in [0.5, 0.6) is 0 Å². The number of esters is 1. The summed E-state index contributed by atoms with van der Waals surface area (Å²) in [5.41, 5.74) is 3.76. The lowest BCUT2D eigenvalue weighted by molar-refractivity contribution is -0.149. The van der Waals surface area contributed by atoms with Gasteiger partial charge in [-0.25, -0.2) is 0 Å². The van der Waals surface area contributed by atoms with Crippen LogP contribution in [0, 0.1) is 38.0 Å². The van der Waals surface area contributed by atoms with Crippen LogP contribution in [-0.4, -0.2) is 17.5 Å². The Bertz CT molecular complexity index is 828. The van der Waals surface area contributed by atoms with E-state index < -0.39 is 5.41 Å². The zero-order valence-electron chi connectivity index (χ0n) is 16.4. The summed E-state index contributed by atoms with van der Waals surface area (Å²) in [4.78, 5) is 37.6. The normalized spacial score (nSPS) is 22.8. The summed E-state index contributed by atoms with van der Waals surface area (Å²) in [6, 6.07) is 4.07. The van der Waals surface area contributed by atoms with E-state index in [1.54, 1.807) is 20.8 Å². The summed E-state index contributed by atoms with van der Waals surface area (Å²) in [6.45, 7) is 11.3. The average molecular weight is 354 g/mol. The monoisotopic (exact) mass is 354 g/mol. The minimum Gasteiger partial charge on any atom is -0.430 e. The fourth-order valence-electron chi connectivity index (χ4n) is 4.10. The van der Waals surface area contributed by atoms with Gasteiger partial charge in [0.15, 0.2) is 5.78 Å². The predicted octanol–water partition coefficient (Wildman–Crippen LogP) is 4.09. The molecular weight excluding hydrogens is 328 g/mol. The largest absolute Gasteiger partial charge is 0.430 e. The molecule has 2 aliphatic carbocycles. The quantitative estimate of drug-likeness (QED) is 0.751. The van der Waals surface area contributed by atoms with Crippen molar-refractivity contribution in [3.63, 3.8) is 0 Å². The fourth-order valence-corrected chi connectivity index (χ4v) is 4.10. The highest BCUT2D eigenvalue weighted by Gasteiger charge is 2.50. The third-order valence-electron chi connectivity index (χ3n) is 5.29. The lowest BCUT2D eigenvalue weighted by atomic mass is 9.90. The van der Waals surface area contributed by atoms with Crippen molar-refractivity contribution in [1.29, 1.82) is 0 Å². The first-order valence-corrected chi connectivity index (χ1v) is 9.11. The summed E-state index contributed by atoms with van der Waals surface area (Å²) < 4.78 is 5.78. The van der Waals surface area contributed by atoms with Crippen molar-refractivity contribution < 1.29 is 19.1 Å². The number of ketones is 2. The molecule has 0 aliphatic heterocycles. The van der Waals surface area contributed by atoms with Crippen LogP contribution in [0.15, 0.2) is 17.9 Å². The van der Waals surface area contributed by atoms with Crippen LogP contribution in [-0.2, 0) is 19.1 Å². The first-order chi connectivity index (χ1) is 12.0. The Hall–Kier alpha value is -2.23. The second-order valence-corrected chi connectivity index (χ2v) is 8.68. The number of hydrogen-bond acceptors (Lipinski definition) is 4. The number of benzene rings is 1. The number of allylic oxidation sites excluding steroid dienone is 2. The van der Waals surface area contributed by atoms with E-state index in [-0.39, 0.29) is 42.2 Å². The molecule has 1 fully saturated rings. The number of fused-ring (bicyclic) bond motifs is 1. The summed E-state index contributed by atoms with van der Waals surface area (Å²) in [7, 11) is 0. The molecule has 26 heavy (non-hydrogen) atoms. The van der Waals surface area contributed by atoms with Crippen molar-refractivity contribution in [3.05, 3.63) is 40.1 Å². The van der Waals surface area contributed by atoms with Gasteiger partial charge in [-0.3, -0.25) is 14.4 Å². The van der Waals surface area contributed by atoms with Gasteiger partial charge in [0.2, 0.25) is 0 Å². The highest BCUT2D eigenvalue weighted by molar-refractivity contribution is 6.27. The Morgan fingerprint density at radius 2 is 1.54 bits per heavy atom. The molecule has 1 aromatic rings. The van der Waals surface area contributed by atoms with Gasteiger partial charge in [-0.05, 0) is 58.2 Å². The molecule has 4 nitrogen and oxygen atoms in total. The molecule has 0 N–H and O–H groups in total. The molecule has 0 saturated heterocycles. The molecule has 2 atom stereocenters. The lowest BCUT2D eigenvalue weighted by Gasteiger charge is -2.21. The molecule has 2 aliphatic rings. The van der Waals surface area contributed by atoms with Gasteiger partial charge >= 0.3 is 5.97 Å². The van der Waals surface area contributed by atoms with Gasteiger partial charge in [0.05, 0.1) is 11.0 Å². The summed E-state index contributed by atoms with van der Waals surface area (Å²) >= 11 is 0. The van der Waals surface area contributed by atoms with Gasteiger partial charge in [-0.2, -0.15) is 0 Å². The predicted molar refractivity (Wildman–Crippen MR) is 99.3 cm³/mol. The SMILES string of the molecule is Cc1cc(C)c(C2=C(OC(=O)C(C)(C)C)[C@H]3CC(=O)C[C@H]3C2=O)c(C)c1. The van der Waals surface area contributed by atoms with E-state index >= 15 is 0 Å². The van der Waals surface area contributed by atoms with E-state index in [2.05, 4.69) is 0 Å². The Morgan fingerprint density at radius 1 is 1.00 bits per heavy atom. The number of carbonyl (C=O) groups excluding carboxylic acids is 3. The smallest absolute Gasteiger partial charge is 0.316 e. The summed E-state index contributed by atoms with van der Waals surface area (Å²) in [6.07, 6.45) is 0.518. The van der Waals surface area contributed by atoms with Crippen molar-refractivity contribution in [2.45, 2.75) is 54.4 Å². The zero-order chi connectivity index (χ0) is 19.4. The number of hydrogen-bond donors (Lipinski definition) is 0. The van der Waals surface area contributed by atoms with E-state index in [9.17, 15) is 14.4 Å². The maximum absolute atomic E-state index is 13.2. The van der Waals surface area contributed by atoms with E-state index in [0.29, 0.717) is 11.3 Å². The second kappa shape index (κ2) is 6.19. The average Bonchev–Trinajstić information content (AvgIpc) is 2.97. The molecule has 0 spiro atoms. The molecule has 4 heteroatoms. The van der Waals surface area contributed by atoms with Crippen LogP contribution in [0.1, 0.15) is 55.9 Å². The van der Waals surface area contributed by atoms with E-state index in [0.717, 1.165) is 22.3 Å². The first-order valence-electron chi connectivity index (χ1n) is 9.11. The number of aryl methyl sites for hydroxylation is 3. The third kappa shape index (κ3) is 3.02. The summed E-state index contributed by atoms with van der Waals surface area (Å²) in [5.74, 6) is -0.667. The minimum absolute atomic E-state index is 0.0624. The number of rotatable bonds is 2. The van der Waals surface area contributed by atoms with Crippen LogP contribution in [0.4, 0.5) is 0 Å². The van der Waals surface area contributed by atoms with Gasteiger partial charge in [0.25, 0.3) is 0 Å². The third-order valence-corrected chi connectivity index (χ3v) is 5.29. The van der Waals surface area contributed by atoms with Gasteiger partial charge in [-0.1, -0.05) is 17.7 Å². The second-order valence-electron chi connectivity index (χ2n) is 8.68. The molecule has 1 saturated carbocycles. The molecule has 3 rings (SSSR count). The number of ether oxygens (including phenoxy) is 1. The maximum Gasteiger partial charge on any atom is 0.316 e. The molecule has 0 heterocycles. The Kier molecular flexibility index (Phi) is 4.41. The van der Waals surface area contributed by atoms with Gasteiger partial charge in [-0.15, -0.1) is 0 Å². The molecule has 0 aromatic heterocycles. The molecule has 0 bridgehead atoms. The molecule has 1 aromatic carbocycles. The van der Waals surface area contributed by atoms with E-state index in [4.69, 9.17) is 4.74 Å². The van der Waals surface area contributed by atoms with Crippen LogP contribution < -0.4 is 0 Å². The van der Waals surface area contributed by atoms with Crippen LogP contribution in [0.2, 0.25) is 0 Å². The van der Waals surface area contributed by atoms with E-state index in [1.165, 1.54) is 0 Å². The molecule has 138 valence electrons. The van der Waals surface area contributed by atoms with Crippen molar-refractivity contribution in [2.24, 2.45) is 17.3 Å². The van der Waals surface area contributed by atoms with Crippen LogP contribution in [0.3, 0.4) is 0 Å². The van der Waals surface area contributed by atoms with Gasteiger partial charge < -0.3 is 4.74 Å². The number of carbonyl (C=O) groups is 3. The van der Waals surface area contributed by atoms with Crippen molar-refractivity contribution >= 4 is 23.1 Å². The minimum atomic E-state index is -0.681. The number of Topliss-reactive ketones (excluding diaryl/α,β-unsaturated/α-hetero) is 2. The highest BCUT2D eigenvalue weighted by atomic mass is 16.5. The fraction of sp³-hybridized carbons (Fsp3) is 0.500. The van der Waals surface area contributed by atoms with Crippen LogP contribution in [0.25, 0.3) is 5.57 Å².